The molecule has 1 aromatic heterocycles. The van der Waals surface area contributed by atoms with E-state index in [0.29, 0.717) is 18.7 Å². The Hall–Kier alpha value is -1.78. The number of nitrogens with zero attached hydrogens (tertiary/aromatic N) is 1. The van der Waals surface area contributed by atoms with Crippen LogP contribution in [0.25, 0.3) is 0 Å². The predicted octanol–water partition coefficient (Wildman–Crippen LogP) is 1.29. The van der Waals surface area contributed by atoms with Crippen LogP contribution in [0.1, 0.15) is 42.6 Å². The Bertz CT molecular complexity index is 479. The monoisotopic (exact) mass is 261 g/mol. The van der Waals surface area contributed by atoms with Crippen molar-refractivity contribution < 1.29 is 9.59 Å². The Morgan fingerprint density at radius 3 is 2.89 bits per heavy atom. The molecule has 0 bridgehead atoms. The highest BCUT2D eigenvalue weighted by atomic mass is 16.2. The maximum atomic E-state index is 12.4. The lowest BCUT2D eigenvalue weighted by Gasteiger charge is -2.45. The fraction of sp³-hybridized carbons (Fsp3) is 0.571. The van der Waals surface area contributed by atoms with Gasteiger partial charge in [0.05, 0.1) is 5.54 Å². The van der Waals surface area contributed by atoms with Crippen molar-refractivity contribution in [3.8, 4) is 0 Å². The molecule has 3 heterocycles. The molecule has 2 fully saturated rings. The molecule has 0 saturated carbocycles. The Morgan fingerprint density at radius 1 is 1.32 bits per heavy atom. The van der Waals surface area contributed by atoms with Crippen molar-refractivity contribution in [2.24, 2.45) is 0 Å². The summed E-state index contributed by atoms with van der Waals surface area (Å²) in [5.74, 6) is 0.157. The van der Waals surface area contributed by atoms with Crippen LogP contribution in [-0.2, 0) is 4.79 Å². The standard InChI is InChI=1S/C14H19N3O2/c18-12-5-1-6-14(16-12)7-3-9-17(10-14)13(19)11-4-2-8-15-11/h2,4,8,15H,1,3,5-7,9-10H2,(H,16,18)/t14-/m1/s1. The van der Waals surface area contributed by atoms with E-state index in [-0.39, 0.29) is 17.4 Å². The number of piperidine rings is 2. The second kappa shape index (κ2) is 4.72. The van der Waals surface area contributed by atoms with E-state index in [1.54, 1.807) is 12.3 Å². The van der Waals surface area contributed by atoms with Crippen LogP contribution in [0.5, 0.6) is 0 Å². The molecular formula is C14H19N3O2. The number of likely N-dealkylation sites (tertiary alicyclic amines) is 1. The number of hydrogen-bond donors (Lipinski definition) is 2. The zero-order valence-electron chi connectivity index (χ0n) is 10.9. The highest BCUT2D eigenvalue weighted by Gasteiger charge is 2.40. The van der Waals surface area contributed by atoms with Gasteiger partial charge in [0.2, 0.25) is 5.91 Å². The third-order valence-corrected chi connectivity index (χ3v) is 4.16. The van der Waals surface area contributed by atoms with E-state index in [9.17, 15) is 9.59 Å². The maximum Gasteiger partial charge on any atom is 0.270 e. The van der Waals surface area contributed by atoms with E-state index in [2.05, 4.69) is 10.3 Å². The summed E-state index contributed by atoms with van der Waals surface area (Å²) >= 11 is 0. The van der Waals surface area contributed by atoms with Gasteiger partial charge in [-0.25, -0.2) is 0 Å². The van der Waals surface area contributed by atoms with Gasteiger partial charge in [0.25, 0.3) is 5.91 Å². The van der Waals surface area contributed by atoms with Gasteiger partial charge in [0, 0.05) is 25.7 Å². The number of rotatable bonds is 1. The average molecular weight is 261 g/mol. The second-order valence-corrected chi connectivity index (χ2v) is 5.60. The summed E-state index contributed by atoms with van der Waals surface area (Å²) in [6.07, 6.45) is 6.21. The minimum atomic E-state index is -0.185. The molecule has 19 heavy (non-hydrogen) atoms. The van der Waals surface area contributed by atoms with Crippen LogP contribution in [0.3, 0.4) is 0 Å². The smallest absolute Gasteiger partial charge is 0.270 e. The number of carbonyl (C=O) groups excluding carboxylic acids is 2. The quantitative estimate of drug-likeness (QED) is 0.800. The third kappa shape index (κ3) is 2.37. The SMILES string of the molecule is O=C1CCC[C@]2(CCCN(C(=O)c3ccc[nH]3)C2)N1. The molecule has 0 aromatic carbocycles. The van der Waals surface area contributed by atoms with Crippen LogP contribution in [0.4, 0.5) is 0 Å². The number of aromatic amines is 1. The molecule has 2 aliphatic rings. The van der Waals surface area contributed by atoms with Gasteiger partial charge in [-0.2, -0.15) is 0 Å². The van der Waals surface area contributed by atoms with Gasteiger partial charge in [-0.05, 0) is 37.8 Å². The number of carbonyl (C=O) groups is 2. The average Bonchev–Trinajstić information content (AvgIpc) is 2.91. The molecule has 1 spiro atoms. The normalized spacial score (nSPS) is 27.4. The number of amides is 2. The molecule has 5 heteroatoms. The molecule has 2 N–H and O–H groups in total. The number of hydrogen-bond acceptors (Lipinski definition) is 2. The van der Waals surface area contributed by atoms with E-state index >= 15 is 0 Å². The predicted molar refractivity (Wildman–Crippen MR) is 70.7 cm³/mol. The molecule has 1 atom stereocenters. The molecule has 1 aromatic rings. The van der Waals surface area contributed by atoms with E-state index < -0.39 is 0 Å². The van der Waals surface area contributed by atoms with Gasteiger partial charge >= 0.3 is 0 Å². The van der Waals surface area contributed by atoms with Gasteiger partial charge < -0.3 is 15.2 Å². The van der Waals surface area contributed by atoms with Gasteiger partial charge in [0.15, 0.2) is 0 Å². The van der Waals surface area contributed by atoms with E-state index in [4.69, 9.17) is 0 Å². The zero-order valence-corrected chi connectivity index (χ0v) is 10.9. The third-order valence-electron chi connectivity index (χ3n) is 4.16. The first-order valence-electron chi connectivity index (χ1n) is 6.92. The zero-order chi connectivity index (χ0) is 13.3. The highest BCUT2D eigenvalue weighted by Crippen LogP contribution is 2.30. The fourth-order valence-electron chi connectivity index (χ4n) is 3.25. The summed E-state index contributed by atoms with van der Waals surface area (Å²) < 4.78 is 0. The second-order valence-electron chi connectivity index (χ2n) is 5.60. The summed E-state index contributed by atoms with van der Waals surface area (Å²) in [5, 5.41) is 3.12. The minimum absolute atomic E-state index is 0.0314. The lowest BCUT2D eigenvalue weighted by molar-refractivity contribution is -0.126. The van der Waals surface area contributed by atoms with Gasteiger partial charge in [0.1, 0.15) is 5.69 Å². The number of H-pyrrole nitrogens is 1. The van der Waals surface area contributed by atoms with Crippen molar-refractivity contribution in [3.05, 3.63) is 24.0 Å². The molecule has 0 unspecified atom stereocenters. The number of nitrogens with one attached hydrogen (secondary N) is 2. The summed E-state index contributed by atoms with van der Waals surface area (Å²) in [5.41, 5.74) is 0.440. The minimum Gasteiger partial charge on any atom is -0.357 e. The first-order chi connectivity index (χ1) is 9.19. The van der Waals surface area contributed by atoms with Crippen LogP contribution in [0, 0.1) is 0 Å². The molecular weight excluding hydrogens is 242 g/mol. The van der Waals surface area contributed by atoms with Crippen LogP contribution in [0.15, 0.2) is 18.3 Å². The van der Waals surface area contributed by atoms with Crippen molar-refractivity contribution >= 4 is 11.8 Å². The van der Waals surface area contributed by atoms with Crippen molar-refractivity contribution in [1.82, 2.24) is 15.2 Å². The van der Waals surface area contributed by atoms with Crippen LogP contribution in [0.2, 0.25) is 0 Å². The van der Waals surface area contributed by atoms with E-state index in [1.165, 1.54) is 0 Å². The first kappa shape index (κ1) is 12.3. The Morgan fingerprint density at radius 2 is 2.16 bits per heavy atom. The Balaban J connectivity index is 1.74. The van der Waals surface area contributed by atoms with Crippen molar-refractivity contribution in [3.63, 3.8) is 0 Å². The van der Waals surface area contributed by atoms with Crippen LogP contribution in [-0.4, -0.2) is 40.3 Å². The topological polar surface area (TPSA) is 65.2 Å². The molecule has 5 nitrogen and oxygen atoms in total. The molecule has 2 aliphatic heterocycles. The highest BCUT2D eigenvalue weighted by molar-refractivity contribution is 5.92. The molecule has 102 valence electrons. The van der Waals surface area contributed by atoms with Crippen LogP contribution >= 0.6 is 0 Å². The Kier molecular flexibility index (Phi) is 3.05. The summed E-state index contributed by atoms with van der Waals surface area (Å²) in [6.45, 7) is 1.41. The number of aromatic nitrogens is 1. The summed E-state index contributed by atoms with van der Waals surface area (Å²) in [6, 6.07) is 3.62. The summed E-state index contributed by atoms with van der Waals surface area (Å²) in [7, 11) is 0. The molecule has 0 radical (unpaired) electrons. The van der Waals surface area contributed by atoms with E-state index in [1.807, 2.05) is 11.0 Å². The largest absolute Gasteiger partial charge is 0.357 e. The van der Waals surface area contributed by atoms with Crippen molar-refractivity contribution in [2.45, 2.75) is 37.6 Å². The maximum absolute atomic E-state index is 12.4. The molecule has 2 saturated heterocycles. The van der Waals surface area contributed by atoms with Crippen molar-refractivity contribution in [2.75, 3.05) is 13.1 Å². The van der Waals surface area contributed by atoms with Gasteiger partial charge in [-0.1, -0.05) is 0 Å². The van der Waals surface area contributed by atoms with Gasteiger partial charge in [-0.15, -0.1) is 0 Å². The summed E-state index contributed by atoms with van der Waals surface area (Å²) in [4.78, 5) is 28.8. The fourth-order valence-corrected chi connectivity index (χ4v) is 3.25. The Labute approximate surface area is 112 Å². The molecule has 2 amide bonds. The lowest BCUT2D eigenvalue weighted by Crippen LogP contribution is -2.61. The lowest BCUT2D eigenvalue weighted by atomic mass is 9.81. The van der Waals surface area contributed by atoms with E-state index in [0.717, 1.165) is 32.2 Å². The van der Waals surface area contributed by atoms with Crippen molar-refractivity contribution in [1.29, 1.82) is 0 Å². The molecule has 0 aliphatic carbocycles. The first-order valence-corrected chi connectivity index (χ1v) is 6.92. The van der Waals surface area contributed by atoms with Crippen LogP contribution < -0.4 is 5.32 Å². The molecule has 3 rings (SSSR count). The van der Waals surface area contributed by atoms with Gasteiger partial charge in [-0.3, -0.25) is 9.59 Å².